The van der Waals surface area contributed by atoms with Crippen LogP contribution in [0.1, 0.15) is 44.8 Å². The lowest BCUT2D eigenvalue weighted by Gasteiger charge is -2.08. The summed E-state index contributed by atoms with van der Waals surface area (Å²) in [6.45, 7) is 5.34. The minimum atomic E-state index is -0.600. The molecule has 0 spiro atoms. The number of ether oxygens (including phenoxy) is 1. The number of nitrogens with one attached hydrogen (secondary N) is 1. The van der Waals surface area contributed by atoms with Crippen LogP contribution in [0.15, 0.2) is 53.1 Å². The number of hydrogen-bond acceptors (Lipinski definition) is 5. The van der Waals surface area contributed by atoms with Crippen molar-refractivity contribution in [1.29, 1.82) is 0 Å². The third-order valence-corrected chi connectivity index (χ3v) is 4.54. The van der Waals surface area contributed by atoms with Crippen LogP contribution in [-0.4, -0.2) is 28.8 Å². The number of carbonyl (C=O) groups is 3. The van der Waals surface area contributed by atoms with Gasteiger partial charge in [-0.15, -0.1) is 0 Å². The second-order valence-corrected chi connectivity index (χ2v) is 6.71. The largest absolute Gasteiger partial charge is 0.467 e. The number of benzene rings is 1. The smallest absolute Gasteiger partial charge is 0.338 e. The van der Waals surface area contributed by atoms with Gasteiger partial charge < -0.3 is 19.0 Å². The molecule has 0 aliphatic carbocycles. The van der Waals surface area contributed by atoms with Crippen molar-refractivity contribution in [1.82, 2.24) is 4.57 Å². The molecule has 3 aromatic rings. The van der Waals surface area contributed by atoms with Gasteiger partial charge in [0.2, 0.25) is 11.7 Å². The van der Waals surface area contributed by atoms with Crippen molar-refractivity contribution in [2.75, 3.05) is 11.9 Å². The fourth-order valence-electron chi connectivity index (χ4n) is 3.07. The number of ketones is 1. The molecule has 7 heteroatoms. The molecule has 0 bridgehead atoms. The number of amides is 1. The molecule has 0 unspecified atom stereocenters. The maximum Gasteiger partial charge on any atom is 0.338 e. The summed E-state index contributed by atoms with van der Waals surface area (Å²) in [5.41, 5.74) is 3.11. The Bertz CT molecular complexity index is 1030. The lowest BCUT2D eigenvalue weighted by atomic mass is 10.1. The van der Waals surface area contributed by atoms with Gasteiger partial charge in [0.15, 0.2) is 6.61 Å². The molecule has 0 aliphatic rings. The number of nitrogens with zero attached hydrogens (tertiary/aromatic N) is 1. The molecule has 0 radical (unpaired) electrons. The Balaban J connectivity index is 1.63. The maximum absolute atomic E-state index is 12.6. The van der Waals surface area contributed by atoms with E-state index in [2.05, 4.69) is 5.32 Å². The average Bonchev–Trinajstić information content (AvgIpc) is 3.30. The number of rotatable bonds is 7. The molecule has 7 nitrogen and oxygen atoms in total. The Morgan fingerprint density at radius 3 is 2.45 bits per heavy atom. The molecule has 1 amide bonds. The standard InChI is InChI=1S/C22H22N2O5/c1-14-11-20(15(2)24(14)12-19-5-4-10-28-19)21(26)13-29-22(27)17-6-8-18(9-7-17)23-16(3)25/h4-11H,12-13H2,1-3H3,(H,23,25). The Labute approximate surface area is 168 Å². The van der Waals surface area contributed by atoms with Gasteiger partial charge in [0, 0.05) is 29.6 Å². The highest BCUT2D eigenvalue weighted by Crippen LogP contribution is 2.18. The Hall–Kier alpha value is -3.61. The third-order valence-electron chi connectivity index (χ3n) is 4.54. The topological polar surface area (TPSA) is 90.5 Å². The summed E-state index contributed by atoms with van der Waals surface area (Å²) in [6.07, 6.45) is 1.61. The van der Waals surface area contributed by atoms with Crippen LogP contribution in [0, 0.1) is 13.8 Å². The molecule has 2 heterocycles. The van der Waals surface area contributed by atoms with Gasteiger partial charge in [-0.2, -0.15) is 0 Å². The van der Waals surface area contributed by atoms with Crippen molar-refractivity contribution in [2.45, 2.75) is 27.3 Å². The summed E-state index contributed by atoms with van der Waals surface area (Å²) in [6, 6.07) is 11.7. The lowest BCUT2D eigenvalue weighted by molar-refractivity contribution is -0.114. The van der Waals surface area contributed by atoms with E-state index in [0.717, 1.165) is 17.1 Å². The summed E-state index contributed by atoms with van der Waals surface area (Å²) >= 11 is 0. The summed E-state index contributed by atoms with van der Waals surface area (Å²) in [7, 11) is 0. The van der Waals surface area contributed by atoms with E-state index in [1.54, 1.807) is 24.5 Å². The second-order valence-electron chi connectivity index (χ2n) is 6.71. The van der Waals surface area contributed by atoms with Crippen molar-refractivity contribution in [3.63, 3.8) is 0 Å². The van der Waals surface area contributed by atoms with E-state index >= 15 is 0 Å². The first-order valence-electron chi connectivity index (χ1n) is 9.12. The first kappa shape index (κ1) is 20.1. The highest BCUT2D eigenvalue weighted by atomic mass is 16.5. The normalized spacial score (nSPS) is 10.6. The predicted octanol–water partition coefficient (Wildman–Crippen LogP) is 3.74. The van der Waals surface area contributed by atoms with Gasteiger partial charge in [0.05, 0.1) is 18.4 Å². The summed E-state index contributed by atoms with van der Waals surface area (Å²) in [5.74, 6) is -0.278. The van der Waals surface area contributed by atoms with E-state index in [-0.39, 0.29) is 18.3 Å². The number of aryl methyl sites for hydroxylation is 1. The highest BCUT2D eigenvalue weighted by Gasteiger charge is 2.18. The number of hydrogen-bond donors (Lipinski definition) is 1. The van der Waals surface area contributed by atoms with E-state index in [0.29, 0.717) is 23.4 Å². The zero-order valence-electron chi connectivity index (χ0n) is 16.5. The molecule has 2 aromatic heterocycles. The molecule has 0 fully saturated rings. The van der Waals surface area contributed by atoms with Crippen LogP contribution in [0.3, 0.4) is 0 Å². The highest BCUT2D eigenvalue weighted by molar-refractivity contribution is 6.00. The molecular formula is C22H22N2O5. The Morgan fingerprint density at radius 2 is 1.83 bits per heavy atom. The molecule has 1 aromatic carbocycles. The van der Waals surface area contributed by atoms with Crippen molar-refractivity contribution in [3.8, 4) is 0 Å². The van der Waals surface area contributed by atoms with Crippen molar-refractivity contribution in [3.05, 3.63) is 77.0 Å². The summed E-state index contributed by atoms with van der Waals surface area (Å²) in [5, 5.41) is 2.62. The molecule has 1 N–H and O–H groups in total. The van der Waals surface area contributed by atoms with E-state index in [9.17, 15) is 14.4 Å². The fourth-order valence-corrected chi connectivity index (χ4v) is 3.07. The molecule has 0 aliphatic heterocycles. The number of furan rings is 1. The minimum absolute atomic E-state index is 0.199. The zero-order chi connectivity index (χ0) is 21.0. The molecule has 0 saturated heterocycles. The van der Waals surface area contributed by atoms with Gasteiger partial charge in [-0.3, -0.25) is 9.59 Å². The van der Waals surface area contributed by atoms with Crippen LogP contribution in [0.25, 0.3) is 0 Å². The fraction of sp³-hybridized carbons (Fsp3) is 0.227. The van der Waals surface area contributed by atoms with E-state index in [1.165, 1.54) is 19.1 Å². The molecule has 0 atom stereocenters. The molecule has 150 valence electrons. The van der Waals surface area contributed by atoms with Crippen LogP contribution in [0.4, 0.5) is 5.69 Å². The van der Waals surface area contributed by atoms with Crippen LogP contribution < -0.4 is 5.32 Å². The second kappa shape index (κ2) is 8.60. The van der Waals surface area contributed by atoms with Gasteiger partial charge in [-0.1, -0.05) is 0 Å². The van der Waals surface area contributed by atoms with Gasteiger partial charge in [-0.05, 0) is 56.3 Å². The van der Waals surface area contributed by atoms with Crippen LogP contribution >= 0.6 is 0 Å². The van der Waals surface area contributed by atoms with Gasteiger partial charge >= 0.3 is 5.97 Å². The predicted molar refractivity (Wildman–Crippen MR) is 107 cm³/mol. The number of esters is 1. The number of anilines is 1. The van der Waals surface area contributed by atoms with Crippen molar-refractivity contribution in [2.24, 2.45) is 0 Å². The Kier molecular flexibility index (Phi) is 5.97. The first-order valence-corrected chi connectivity index (χ1v) is 9.12. The van der Waals surface area contributed by atoms with E-state index in [1.807, 2.05) is 30.5 Å². The SMILES string of the molecule is CC(=O)Nc1ccc(C(=O)OCC(=O)c2cc(C)n(Cc3ccco3)c2C)cc1. The van der Waals surface area contributed by atoms with Crippen LogP contribution in [-0.2, 0) is 16.1 Å². The lowest BCUT2D eigenvalue weighted by Crippen LogP contribution is -2.15. The van der Waals surface area contributed by atoms with E-state index < -0.39 is 5.97 Å². The Morgan fingerprint density at radius 1 is 1.10 bits per heavy atom. The third kappa shape index (κ3) is 4.82. The maximum atomic E-state index is 12.6. The van der Waals surface area contributed by atoms with Gasteiger partial charge in [-0.25, -0.2) is 4.79 Å². The van der Waals surface area contributed by atoms with E-state index in [4.69, 9.17) is 9.15 Å². The van der Waals surface area contributed by atoms with Gasteiger partial charge in [0.25, 0.3) is 0 Å². The van der Waals surface area contributed by atoms with Crippen molar-refractivity contribution >= 4 is 23.3 Å². The number of carbonyl (C=O) groups excluding carboxylic acids is 3. The summed E-state index contributed by atoms with van der Waals surface area (Å²) < 4.78 is 12.5. The average molecular weight is 394 g/mol. The molecule has 3 rings (SSSR count). The number of aromatic nitrogens is 1. The minimum Gasteiger partial charge on any atom is -0.467 e. The zero-order valence-corrected chi connectivity index (χ0v) is 16.5. The van der Waals surface area contributed by atoms with Gasteiger partial charge in [0.1, 0.15) is 5.76 Å². The summed E-state index contributed by atoms with van der Waals surface area (Å²) in [4.78, 5) is 35.8. The van der Waals surface area contributed by atoms with Crippen molar-refractivity contribution < 1.29 is 23.5 Å². The monoisotopic (exact) mass is 394 g/mol. The van der Waals surface area contributed by atoms with Crippen LogP contribution in [0.5, 0.6) is 0 Å². The quantitative estimate of drug-likeness (QED) is 0.487. The first-order chi connectivity index (χ1) is 13.8. The molecular weight excluding hydrogens is 372 g/mol. The molecule has 29 heavy (non-hydrogen) atoms. The number of Topliss-reactive ketones (excluding diaryl/α,β-unsaturated/α-hetero) is 1. The molecule has 0 saturated carbocycles. The van der Waals surface area contributed by atoms with Crippen LogP contribution in [0.2, 0.25) is 0 Å².